The van der Waals surface area contributed by atoms with Crippen LogP contribution in [0.5, 0.6) is 0 Å². The van der Waals surface area contributed by atoms with Crippen LogP contribution in [0, 0.1) is 0 Å². The minimum atomic E-state index is -1.12. The molecule has 4 heteroatoms. The van der Waals surface area contributed by atoms with Gasteiger partial charge in [0.25, 0.3) is 0 Å². The quantitative estimate of drug-likeness (QED) is 0.602. The predicted octanol–water partition coefficient (Wildman–Crippen LogP) is 3.54. The maximum Gasteiger partial charge on any atom is 0.116 e. The molecule has 1 nitrogen and oxygen atoms in total. The van der Waals surface area contributed by atoms with Crippen molar-refractivity contribution < 1.29 is 0 Å². The normalized spacial score (nSPS) is 33.2. The minimum absolute atomic E-state index is 0.746. The first-order valence-electron chi connectivity index (χ1n) is 5.22. The third-order valence-electron chi connectivity index (χ3n) is 3.14. The second kappa shape index (κ2) is 3.79. The molecule has 2 atom stereocenters. The maximum atomic E-state index is 3.98. The van der Waals surface area contributed by atoms with E-state index in [1.54, 1.807) is 0 Å². The summed E-state index contributed by atoms with van der Waals surface area (Å²) in [4.78, 5) is 0.746. The lowest BCUT2D eigenvalue weighted by Crippen LogP contribution is -2.52. The van der Waals surface area contributed by atoms with Gasteiger partial charge in [0.2, 0.25) is 0 Å². The van der Waals surface area contributed by atoms with E-state index in [0.717, 1.165) is 10.4 Å². The molecule has 1 heterocycles. The van der Waals surface area contributed by atoms with Crippen molar-refractivity contribution in [2.24, 2.45) is 0 Å². The zero-order valence-electron chi connectivity index (χ0n) is 9.45. The fourth-order valence-electron chi connectivity index (χ4n) is 2.69. The molecule has 0 aromatic rings. The van der Waals surface area contributed by atoms with Crippen LogP contribution in [0.1, 0.15) is 13.3 Å². The van der Waals surface area contributed by atoms with Gasteiger partial charge < -0.3 is 4.65 Å². The van der Waals surface area contributed by atoms with Gasteiger partial charge in [0.1, 0.15) is 16.5 Å². The molecular formula is C9H22BrNSi2. The summed E-state index contributed by atoms with van der Waals surface area (Å²) in [6.07, 6.45) is 1.27. The van der Waals surface area contributed by atoms with Crippen molar-refractivity contribution in [3.8, 4) is 0 Å². The predicted molar refractivity (Wildman–Crippen MR) is 69.7 cm³/mol. The lowest BCUT2D eigenvalue weighted by atomic mass is 10.3. The molecule has 0 amide bonds. The van der Waals surface area contributed by atoms with Crippen LogP contribution < -0.4 is 4.65 Å². The molecular weight excluding hydrogens is 258 g/mol. The van der Waals surface area contributed by atoms with Crippen molar-refractivity contribution in [2.75, 3.05) is 0 Å². The molecule has 0 saturated carbocycles. The van der Waals surface area contributed by atoms with Crippen LogP contribution in [0.15, 0.2) is 0 Å². The second-order valence-electron chi connectivity index (χ2n) is 5.47. The highest BCUT2D eigenvalue weighted by Crippen LogP contribution is 2.42. The molecule has 78 valence electrons. The minimum Gasteiger partial charge on any atom is -0.359 e. The molecule has 0 bridgehead atoms. The zero-order valence-corrected chi connectivity index (χ0v) is 13.0. The first-order valence-corrected chi connectivity index (χ1v) is 12.4. The Bertz CT molecular complexity index is 194. The Labute approximate surface area is 93.0 Å². The number of alkyl halides is 1. The molecule has 2 unspecified atom stereocenters. The molecule has 0 aromatic carbocycles. The van der Waals surface area contributed by atoms with E-state index in [1.165, 1.54) is 12.5 Å². The van der Waals surface area contributed by atoms with E-state index in [0.29, 0.717) is 0 Å². The smallest absolute Gasteiger partial charge is 0.116 e. The SMILES string of the molecule is CCC(Br)C1C[Si](C)(C)N[Si]1(C)C. The highest BCUT2D eigenvalue weighted by molar-refractivity contribution is 9.09. The third-order valence-corrected chi connectivity index (χ3v) is 14.5. The summed E-state index contributed by atoms with van der Waals surface area (Å²) in [6, 6.07) is 1.47. The van der Waals surface area contributed by atoms with Crippen molar-refractivity contribution in [1.29, 1.82) is 0 Å². The molecule has 1 aliphatic rings. The van der Waals surface area contributed by atoms with Crippen LogP contribution >= 0.6 is 15.9 Å². The summed E-state index contributed by atoms with van der Waals surface area (Å²) in [5.41, 5.74) is 0.944. The van der Waals surface area contributed by atoms with E-state index >= 15 is 0 Å². The van der Waals surface area contributed by atoms with Gasteiger partial charge in [-0.05, 0) is 18.0 Å². The molecule has 1 saturated heterocycles. The highest BCUT2D eigenvalue weighted by Gasteiger charge is 2.48. The van der Waals surface area contributed by atoms with Crippen LogP contribution in [0.25, 0.3) is 0 Å². The average molecular weight is 280 g/mol. The zero-order chi connectivity index (χ0) is 10.3. The number of halogens is 1. The standard InChI is InChI=1S/C9H22BrNSi2/c1-6-8(10)9-7-12(2,3)11-13(9,4)5/h8-9,11H,6-7H2,1-5H3. The van der Waals surface area contributed by atoms with Crippen LogP contribution in [-0.2, 0) is 0 Å². The fraction of sp³-hybridized carbons (Fsp3) is 1.00. The third kappa shape index (κ3) is 2.67. The maximum absolute atomic E-state index is 3.98. The molecule has 0 radical (unpaired) electrons. The van der Waals surface area contributed by atoms with Gasteiger partial charge in [-0.3, -0.25) is 0 Å². The van der Waals surface area contributed by atoms with Crippen LogP contribution in [0.2, 0.25) is 37.8 Å². The van der Waals surface area contributed by atoms with Crippen LogP contribution in [0.3, 0.4) is 0 Å². The van der Waals surface area contributed by atoms with Gasteiger partial charge in [0.15, 0.2) is 0 Å². The van der Waals surface area contributed by atoms with E-state index in [-0.39, 0.29) is 0 Å². The number of rotatable bonds is 2. The van der Waals surface area contributed by atoms with Crippen LogP contribution in [0.4, 0.5) is 0 Å². The second-order valence-corrected chi connectivity index (χ2v) is 16.0. The fourth-order valence-corrected chi connectivity index (χ4v) is 19.4. The van der Waals surface area contributed by atoms with E-state index in [4.69, 9.17) is 0 Å². The molecule has 0 aliphatic carbocycles. The molecule has 13 heavy (non-hydrogen) atoms. The monoisotopic (exact) mass is 279 g/mol. The highest BCUT2D eigenvalue weighted by atomic mass is 79.9. The summed E-state index contributed by atoms with van der Waals surface area (Å²) >= 11 is 3.85. The molecule has 1 rings (SSSR count). The van der Waals surface area contributed by atoms with Gasteiger partial charge in [-0.15, -0.1) is 0 Å². The summed E-state index contributed by atoms with van der Waals surface area (Å²) in [7, 11) is -2.16. The Hall–Kier alpha value is 0.874. The summed E-state index contributed by atoms with van der Waals surface area (Å²) in [6.45, 7) is 12.2. The number of nitrogens with one attached hydrogen (secondary N) is 1. The van der Waals surface area contributed by atoms with Gasteiger partial charge in [0, 0.05) is 4.83 Å². The Morgan fingerprint density at radius 1 is 1.38 bits per heavy atom. The van der Waals surface area contributed by atoms with E-state index in [9.17, 15) is 0 Å². The van der Waals surface area contributed by atoms with E-state index < -0.39 is 16.5 Å². The number of hydrogen-bond acceptors (Lipinski definition) is 1. The molecule has 0 spiro atoms. The van der Waals surface area contributed by atoms with Crippen molar-refractivity contribution in [1.82, 2.24) is 4.65 Å². The first-order chi connectivity index (χ1) is 5.78. The van der Waals surface area contributed by atoms with Crippen molar-refractivity contribution in [3.63, 3.8) is 0 Å². The largest absolute Gasteiger partial charge is 0.359 e. The van der Waals surface area contributed by atoms with Crippen molar-refractivity contribution >= 4 is 32.4 Å². The topological polar surface area (TPSA) is 12.0 Å². The lowest BCUT2D eigenvalue weighted by Gasteiger charge is -2.28. The van der Waals surface area contributed by atoms with Gasteiger partial charge in [-0.1, -0.05) is 49.0 Å². The van der Waals surface area contributed by atoms with Crippen LogP contribution in [-0.4, -0.2) is 21.3 Å². The van der Waals surface area contributed by atoms with Gasteiger partial charge >= 0.3 is 0 Å². The number of hydrogen-bond donors (Lipinski definition) is 1. The summed E-state index contributed by atoms with van der Waals surface area (Å²) in [5.74, 6) is 0. The van der Waals surface area contributed by atoms with Gasteiger partial charge in [0.05, 0.1) is 0 Å². The summed E-state index contributed by atoms with van der Waals surface area (Å²) < 4.78 is 3.98. The van der Waals surface area contributed by atoms with Gasteiger partial charge in [-0.25, -0.2) is 0 Å². The Morgan fingerprint density at radius 3 is 2.23 bits per heavy atom. The van der Waals surface area contributed by atoms with E-state index in [1.807, 2.05) is 0 Å². The molecule has 1 aliphatic heterocycles. The first kappa shape index (κ1) is 11.9. The Balaban J connectivity index is 2.76. The summed E-state index contributed by atoms with van der Waals surface area (Å²) in [5, 5.41) is 0. The van der Waals surface area contributed by atoms with Gasteiger partial charge in [-0.2, -0.15) is 0 Å². The Kier molecular flexibility index (Phi) is 3.49. The average Bonchev–Trinajstić information content (AvgIpc) is 2.17. The molecule has 0 aromatic heterocycles. The Morgan fingerprint density at radius 2 is 1.92 bits per heavy atom. The molecule has 1 fully saturated rings. The van der Waals surface area contributed by atoms with E-state index in [2.05, 4.69) is 53.7 Å². The molecule has 1 N–H and O–H groups in total. The lowest BCUT2D eigenvalue weighted by molar-refractivity contribution is 0.779. The van der Waals surface area contributed by atoms with Crippen molar-refractivity contribution in [2.45, 2.75) is 55.9 Å². The van der Waals surface area contributed by atoms with Crippen molar-refractivity contribution in [3.05, 3.63) is 0 Å².